The first-order chi connectivity index (χ1) is 9.60. The molecule has 1 aromatic carbocycles. The topological polar surface area (TPSA) is 81.0 Å². The number of rotatable bonds is 5. The predicted octanol–water partition coefficient (Wildman–Crippen LogP) is 1.88. The van der Waals surface area contributed by atoms with Crippen LogP contribution in [0, 0.1) is 6.92 Å². The van der Waals surface area contributed by atoms with Gasteiger partial charge in [0.05, 0.1) is 7.11 Å². The van der Waals surface area contributed by atoms with Crippen LogP contribution in [0.15, 0.2) is 40.4 Å². The van der Waals surface area contributed by atoms with Crippen LogP contribution in [0.1, 0.15) is 17.2 Å². The summed E-state index contributed by atoms with van der Waals surface area (Å²) in [7, 11) is 1.63. The number of ether oxygens (including phenoxy) is 1. The van der Waals surface area contributed by atoms with Gasteiger partial charge in [0.25, 0.3) is 5.56 Å². The van der Waals surface area contributed by atoms with Gasteiger partial charge < -0.3 is 15.5 Å². The van der Waals surface area contributed by atoms with Crippen LogP contribution < -0.4 is 16.0 Å². The molecule has 0 bridgehead atoms. The third-order valence-corrected chi connectivity index (χ3v) is 3.84. The van der Waals surface area contributed by atoms with Crippen LogP contribution in [0.3, 0.4) is 0 Å². The monoisotopic (exact) mass is 291 g/mol. The second kappa shape index (κ2) is 6.58. The molecule has 0 saturated heterocycles. The van der Waals surface area contributed by atoms with Crippen LogP contribution in [-0.2, 0) is 0 Å². The van der Waals surface area contributed by atoms with Gasteiger partial charge in [0.1, 0.15) is 5.75 Å². The van der Waals surface area contributed by atoms with E-state index in [1.807, 2.05) is 25.1 Å². The van der Waals surface area contributed by atoms with Crippen molar-refractivity contribution in [2.75, 3.05) is 12.9 Å². The number of aromatic amines is 1. The molecule has 20 heavy (non-hydrogen) atoms. The second-order valence-corrected chi connectivity index (χ2v) is 5.41. The Labute approximate surface area is 121 Å². The summed E-state index contributed by atoms with van der Waals surface area (Å²) in [5.41, 5.74) is 8.13. The standard InChI is InChI=1S/C14H17N3O2S/c1-9-3-4-12(19-2)10(7-9)11(15)8-20-14-16-6-5-13(18)17-14/h3-7,11H,8,15H2,1-2H3,(H,16,17,18). The molecular formula is C14H17N3O2S. The molecule has 0 saturated carbocycles. The molecule has 6 heteroatoms. The van der Waals surface area contributed by atoms with E-state index in [4.69, 9.17) is 10.5 Å². The van der Waals surface area contributed by atoms with Gasteiger partial charge in [-0.3, -0.25) is 4.79 Å². The van der Waals surface area contributed by atoms with E-state index in [1.165, 1.54) is 24.0 Å². The molecular weight excluding hydrogens is 274 g/mol. The molecule has 0 amide bonds. The Morgan fingerprint density at radius 2 is 2.25 bits per heavy atom. The minimum Gasteiger partial charge on any atom is -0.496 e. The molecule has 0 radical (unpaired) electrons. The molecule has 2 aromatic rings. The number of aryl methyl sites for hydroxylation is 1. The highest BCUT2D eigenvalue weighted by atomic mass is 32.2. The molecule has 5 nitrogen and oxygen atoms in total. The summed E-state index contributed by atoms with van der Waals surface area (Å²) in [6.07, 6.45) is 1.49. The van der Waals surface area contributed by atoms with Crippen LogP contribution >= 0.6 is 11.8 Å². The van der Waals surface area contributed by atoms with Crippen molar-refractivity contribution in [3.63, 3.8) is 0 Å². The molecule has 1 aromatic heterocycles. The third-order valence-electron chi connectivity index (χ3n) is 2.83. The zero-order chi connectivity index (χ0) is 14.5. The molecule has 3 N–H and O–H groups in total. The van der Waals surface area contributed by atoms with Gasteiger partial charge in [0.15, 0.2) is 5.16 Å². The number of benzene rings is 1. The summed E-state index contributed by atoms with van der Waals surface area (Å²) >= 11 is 1.42. The maximum atomic E-state index is 11.2. The average Bonchev–Trinajstić information content (AvgIpc) is 2.45. The van der Waals surface area contributed by atoms with Crippen LogP contribution in [0.4, 0.5) is 0 Å². The number of aromatic nitrogens is 2. The van der Waals surface area contributed by atoms with E-state index in [0.29, 0.717) is 10.9 Å². The van der Waals surface area contributed by atoms with Crippen molar-refractivity contribution < 1.29 is 4.74 Å². The molecule has 0 aliphatic heterocycles. The zero-order valence-electron chi connectivity index (χ0n) is 11.4. The van der Waals surface area contributed by atoms with E-state index in [2.05, 4.69) is 9.97 Å². The Morgan fingerprint density at radius 3 is 2.95 bits per heavy atom. The maximum Gasteiger partial charge on any atom is 0.251 e. The highest BCUT2D eigenvalue weighted by molar-refractivity contribution is 7.99. The van der Waals surface area contributed by atoms with E-state index in [9.17, 15) is 4.79 Å². The van der Waals surface area contributed by atoms with Gasteiger partial charge in [-0.1, -0.05) is 29.5 Å². The van der Waals surface area contributed by atoms with Gasteiger partial charge in [-0.05, 0) is 13.0 Å². The minimum atomic E-state index is -0.194. The fourth-order valence-corrected chi connectivity index (χ4v) is 2.65. The fourth-order valence-electron chi connectivity index (χ4n) is 1.83. The van der Waals surface area contributed by atoms with E-state index in [-0.39, 0.29) is 11.6 Å². The molecule has 0 aliphatic rings. The summed E-state index contributed by atoms with van der Waals surface area (Å²) in [6, 6.07) is 7.11. The van der Waals surface area contributed by atoms with Gasteiger partial charge in [-0.15, -0.1) is 0 Å². The quantitative estimate of drug-likeness (QED) is 0.649. The number of nitrogens with one attached hydrogen (secondary N) is 1. The summed E-state index contributed by atoms with van der Waals surface area (Å²) in [6.45, 7) is 2.01. The van der Waals surface area contributed by atoms with Crippen molar-refractivity contribution in [3.8, 4) is 5.75 Å². The Hall–Kier alpha value is -1.79. The average molecular weight is 291 g/mol. The lowest BCUT2D eigenvalue weighted by molar-refractivity contribution is 0.407. The first kappa shape index (κ1) is 14.6. The lowest BCUT2D eigenvalue weighted by atomic mass is 10.1. The Bertz CT molecular complexity index is 642. The number of hydrogen-bond acceptors (Lipinski definition) is 5. The van der Waals surface area contributed by atoms with Crippen molar-refractivity contribution in [1.82, 2.24) is 9.97 Å². The van der Waals surface area contributed by atoms with Crippen molar-refractivity contribution in [3.05, 3.63) is 51.9 Å². The smallest absolute Gasteiger partial charge is 0.251 e. The van der Waals surface area contributed by atoms with Crippen molar-refractivity contribution in [2.24, 2.45) is 5.73 Å². The molecule has 0 spiro atoms. The highest BCUT2D eigenvalue weighted by Gasteiger charge is 2.13. The number of nitrogens with two attached hydrogens (primary N) is 1. The Kier molecular flexibility index (Phi) is 4.81. The zero-order valence-corrected chi connectivity index (χ0v) is 12.2. The second-order valence-electron chi connectivity index (χ2n) is 4.40. The first-order valence-corrected chi connectivity index (χ1v) is 7.17. The molecule has 0 fully saturated rings. The Morgan fingerprint density at radius 1 is 1.45 bits per heavy atom. The van der Waals surface area contributed by atoms with Gasteiger partial charge in [-0.25, -0.2) is 4.98 Å². The first-order valence-electron chi connectivity index (χ1n) is 6.18. The van der Waals surface area contributed by atoms with E-state index in [0.717, 1.165) is 16.9 Å². The van der Waals surface area contributed by atoms with Crippen LogP contribution in [-0.4, -0.2) is 22.8 Å². The summed E-state index contributed by atoms with van der Waals surface area (Å²) in [4.78, 5) is 17.9. The van der Waals surface area contributed by atoms with Gasteiger partial charge in [0.2, 0.25) is 0 Å². The summed E-state index contributed by atoms with van der Waals surface area (Å²) < 4.78 is 5.33. The lowest BCUT2D eigenvalue weighted by Crippen LogP contribution is -2.15. The molecule has 1 atom stereocenters. The molecule has 1 heterocycles. The minimum absolute atomic E-state index is 0.163. The van der Waals surface area contributed by atoms with Crippen LogP contribution in [0.25, 0.3) is 0 Å². The predicted molar refractivity (Wildman–Crippen MR) is 80.2 cm³/mol. The SMILES string of the molecule is COc1ccc(C)cc1C(N)CSc1nccc(=O)[nH]1. The number of nitrogens with zero attached hydrogens (tertiary/aromatic N) is 1. The van der Waals surface area contributed by atoms with Crippen LogP contribution in [0.2, 0.25) is 0 Å². The van der Waals surface area contributed by atoms with Crippen LogP contribution in [0.5, 0.6) is 5.75 Å². The summed E-state index contributed by atoms with van der Waals surface area (Å²) in [5, 5.41) is 0.569. The number of methoxy groups -OCH3 is 1. The number of H-pyrrole nitrogens is 1. The Balaban J connectivity index is 2.10. The maximum absolute atomic E-state index is 11.2. The highest BCUT2D eigenvalue weighted by Crippen LogP contribution is 2.28. The van der Waals surface area contributed by atoms with E-state index >= 15 is 0 Å². The molecule has 106 valence electrons. The number of hydrogen-bond donors (Lipinski definition) is 2. The third kappa shape index (κ3) is 3.61. The van der Waals surface area contributed by atoms with E-state index < -0.39 is 0 Å². The molecule has 2 rings (SSSR count). The lowest BCUT2D eigenvalue weighted by Gasteiger charge is -2.15. The largest absolute Gasteiger partial charge is 0.496 e. The van der Waals surface area contributed by atoms with Crippen molar-refractivity contribution >= 4 is 11.8 Å². The van der Waals surface area contributed by atoms with Gasteiger partial charge in [-0.2, -0.15) is 0 Å². The number of thioether (sulfide) groups is 1. The van der Waals surface area contributed by atoms with E-state index in [1.54, 1.807) is 7.11 Å². The van der Waals surface area contributed by atoms with Gasteiger partial charge in [0, 0.05) is 29.6 Å². The molecule has 0 aliphatic carbocycles. The van der Waals surface area contributed by atoms with Gasteiger partial charge >= 0.3 is 0 Å². The fraction of sp³-hybridized carbons (Fsp3) is 0.286. The van der Waals surface area contributed by atoms with Crippen molar-refractivity contribution in [2.45, 2.75) is 18.1 Å². The normalized spacial score (nSPS) is 12.2. The molecule has 1 unspecified atom stereocenters. The van der Waals surface area contributed by atoms with Crippen molar-refractivity contribution in [1.29, 1.82) is 0 Å². The summed E-state index contributed by atoms with van der Waals surface area (Å²) in [5.74, 6) is 1.38.